The third-order valence-corrected chi connectivity index (χ3v) is 2.58. The number of aromatic nitrogens is 1. The van der Waals surface area contributed by atoms with Gasteiger partial charge in [-0.15, -0.1) is 0 Å². The minimum absolute atomic E-state index is 0.0404. The molecule has 0 saturated heterocycles. The van der Waals surface area contributed by atoms with Crippen LogP contribution < -0.4 is 5.73 Å². The number of alkyl halides is 2. The summed E-state index contributed by atoms with van der Waals surface area (Å²) in [6.07, 6.45) is -2.02. The predicted molar refractivity (Wildman–Crippen MR) is 49.8 cm³/mol. The average Bonchev–Trinajstić information content (AvgIpc) is 2.09. The SMILES string of the molecule is NCc1ncc(C(F)F)c(F)c1I. The molecule has 0 aliphatic heterocycles. The number of hydrogen-bond donors (Lipinski definition) is 1. The van der Waals surface area contributed by atoms with Gasteiger partial charge in [-0.1, -0.05) is 0 Å². The van der Waals surface area contributed by atoms with Crippen molar-refractivity contribution in [2.45, 2.75) is 13.0 Å². The van der Waals surface area contributed by atoms with E-state index in [0.717, 1.165) is 6.20 Å². The summed E-state index contributed by atoms with van der Waals surface area (Å²) in [5.74, 6) is -0.925. The molecule has 2 nitrogen and oxygen atoms in total. The van der Waals surface area contributed by atoms with E-state index < -0.39 is 17.8 Å². The molecule has 1 heterocycles. The quantitative estimate of drug-likeness (QED) is 0.851. The largest absolute Gasteiger partial charge is 0.325 e. The zero-order valence-corrected chi connectivity index (χ0v) is 8.56. The van der Waals surface area contributed by atoms with Crippen molar-refractivity contribution in [2.24, 2.45) is 5.73 Å². The second kappa shape index (κ2) is 4.23. The molecule has 0 aliphatic rings. The van der Waals surface area contributed by atoms with Gasteiger partial charge in [0, 0.05) is 12.7 Å². The molecule has 1 rings (SSSR count). The fraction of sp³-hybridized carbons (Fsp3) is 0.286. The van der Waals surface area contributed by atoms with Gasteiger partial charge in [-0.2, -0.15) is 0 Å². The van der Waals surface area contributed by atoms with Gasteiger partial charge in [-0.3, -0.25) is 4.98 Å². The van der Waals surface area contributed by atoms with Crippen LogP contribution in [0.4, 0.5) is 13.2 Å². The Hall–Kier alpha value is -0.370. The molecular formula is C7H6F3IN2. The van der Waals surface area contributed by atoms with Crippen LogP contribution in [0.15, 0.2) is 6.20 Å². The van der Waals surface area contributed by atoms with Crippen LogP contribution in [0.1, 0.15) is 17.7 Å². The highest BCUT2D eigenvalue weighted by Crippen LogP contribution is 2.25. The fourth-order valence-electron chi connectivity index (χ4n) is 0.809. The van der Waals surface area contributed by atoms with E-state index in [4.69, 9.17) is 5.73 Å². The Morgan fingerprint density at radius 3 is 2.62 bits per heavy atom. The summed E-state index contributed by atoms with van der Waals surface area (Å²) >= 11 is 1.61. The van der Waals surface area contributed by atoms with Gasteiger partial charge in [-0.25, -0.2) is 13.2 Å². The van der Waals surface area contributed by atoms with Crippen molar-refractivity contribution >= 4 is 22.6 Å². The summed E-state index contributed by atoms with van der Waals surface area (Å²) in [5, 5.41) is 0. The number of halogens is 4. The molecule has 1 aromatic rings. The van der Waals surface area contributed by atoms with Crippen molar-refractivity contribution in [3.63, 3.8) is 0 Å². The first-order chi connectivity index (χ1) is 6.07. The molecule has 0 spiro atoms. The maximum absolute atomic E-state index is 13.1. The molecule has 0 saturated carbocycles. The summed E-state index contributed by atoms with van der Waals surface area (Å²) in [6.45, 7) is 0.0404. The third-order valence-electron chi connectivity index (χ3n) is 1.49. The normalized spacial score (nSPS) is 10.9. The van der Waals surface area contributed by atoms with Gasteiger partial charge in [0.15, 0.2) is 0 Å². The van der Waals surface area contributed by atoms with Crippen LogP contribution in [-0.2, 0) is 6.54 Å². The lowest BCUT2D eigenvalue weighted by molar-refractivity contribution is 0.145. The lowest BCUT2D eigenvalue weighted by Gasteiger charge is -2.06. The van der Waals surface area contributed by atoms with Crippen molar-refractivity contribution in [3.8, 4) is 0 Å². The highest BCUT2D eigenvalue weighted by atomic mass is 127. The molecule has 0 atom stereocenters. The van der Waals surface area contributed by atoms with Crippen molar-refractivity contribution in [3.05, 3.63) is 26.8 Å². The Bertz CT molecular complexity index is 317. The topological polar surface area (TPSA) is 38.9 Å². The van der Waals surface area contributed by atoms with E-state index in [9.17, 15) is 13.2 Å². The highest BCUT2D eigenvalue weighted by molar-refractivity contribution is 14.1. The Kier molecular flexibility index (Phi) is 3.48. The Morgan fingerprint density at radius 1 is 1.54 bits per heavy atom. The van der Waals surface area contributed by atoms with Crippen LogP contribution in [0.3, 0.4) is 0 Å². The molecular weight excluding hydrogens is 296 g/mol. The summed E-state index contributed by atoms with van der Waals surface area (Å²) in [7, 11) is 0. The predicted octanol–water partition coefficient (Wildman–Crippen LogP) is 2.22. The van der Waals surface area contributed by atoms with E-state index >= 15 is 0 Å². The van der Waals surface area contributed by atoms with Gasteiger partial charge < -0.3 is 5.73 Å². The van der Waals surface area contributed by atoms with Gasteiger partial charge in [0.2, 0.25) is 0 Å². The molecule has 0 fully saturated rings. The van der Waals surface area contributed by atoms with Crippen molar-refractivity contribution in [1.29, 1.82) is 0 Å². The second-order valence-electron chi connectivity index (χ2n) is 2.29. The zero-order chi connectivity index (χ0) is 10.0. The first-order valence-corrected chi connectivity index (χ1v) is 4.46. The summed E-state index contributed by atoms with van der Waals surface area (Å²) in [4.78, 5) is 3.63. The molecule has 0 amide bonds. The maximum atomic E-state index is 13.1. The van der Waals surface area contributed by atoms with E-state index in [-0.39, 0.29) is 10.1 Å². The van der Waals surface area contributed by atoms with E-state index in [0.29, 0.717) is 5.69 Å². The third kappa shape index (κ3) is 2.11. The van der Waals surface area contributed by atoms with Crippen molar-refractivity contribution in [1.82, 2.24) is 4.98 Å². The van der Waals surface area contributed by atoms with E-state index in [1.807, 2.05) is 0 Å². The molecule has 0 aromatic carbocycles. The van der Waals surface area contributed by atoms with Crippen LogP contribution in [0, 0.1) is 9.39 Å². The van der Waals surface area contributed by atoms with Crippen LogP contribution in [-0.4, -0.2) is 4.98 Å². The number of hydrogen-bond acceptors (Lipinski definition) is 2. The van der Waals surface area contributed by atoms with Gasteiger partial charge in [-0.05, 0) is 22.6 Å². The summed E-state index contributed by atoms with van der Waals surface area (Å²) in [6, 6.07) is 0. The summed E-state index contributed by atoms with van der Waals surface area (Å²) in [5.41, 5.74) is 4.84. The van der Waals surface area contributed by atoms with E-state index in [1.165, 1.54) is 0 Å². The van der Waals surface area contributed by atoms with Crippen molar-refractivity contribution < 1.29 is 13.2 Å². The first kappa shape index (κ1) is 10.7. The Labute approximate surface area is 86.5 Å². The molecule has 1 aromatic heterocycles. The zero-order valence-electron chi connectivity index (χ0n) is 6.40. The van der Waals surface area contributed by atoms with Crippen LogP contribution in [0.5, 0.6) is 0 Å². The van der Waals surface area contributed by atoms with E-state index in [2.05, 4.69) is 4.98 Å². The monoisotopic (exact) mass is 302 g/mol. The molecule has 2 N–H and O–H groups in total. The number of pyridine rings is 1. The first-order valence-electron chi connectivity index (χ1n) is 3.39. The van der Waals surface area contributed by atoms with Gasteiger partial charge in [0.25, 0.3) is 6.43 Å². The molecule has 0 unspecified atom stereocenters. The van der Waals surface area contributed by atoms with Crippen LogP contribution >= 0.6 is 22.6 Å². The lowest BCUT2D eigenvalue weighted by Crippen LogP contribution is -2.06. The smallest absolute Gasteiger partial charge is 0.268 e. The van der Waals surface area contributed by atoms with Crippen LogP contribution in [0.25, 0.3) is 0 Å². The van der Waals surface area contributed by atoms with E-state index in [1.54, 1.807) is 22.6 Å². The fourth-order valence-corrected chi connectivity index (χ4v) is 1.48. The van der Waals surface area contributed by atoms with Gasteiger partial charge >= 0.3 is 0 Å². The molecule has 0 bridgehead atoms. The van der Waals surface area contributed by atoms with Gasteiger partial charge in [0.1, 0.15) is 5.82 Å². The standard InChI is InChI=1S/C7H6F3IN2/c8-5-3(7(9)10)2-13-4(1-12)6(5)11/h2,7H,1,12H2. The number of rotatable bonds is 2. The van der Waals surface area contributed by atoms with Crippen molar-refractivity contribution in [2.75, 3.05) is 0 Å². The molecule has 0 radical (unpaired) electrons. The number of nitrogens with two attached hydrogens (primary N) is 1. The molecule has 13 heavy (non-hydrogen) atoms. The Morgan fingerprint density at radius 2 is 2.15 bits per heavy atom. The average molecular weight is 302 g/mol. The van der Waals surface area contributed by atoms with Gasteiger partial charge in [0.05, 0.1) is 14.8 Å². The molecule has 0 aliphatic carbocycles. The summed E-state index contributed by atoms with van der Waals surface area (Å²) < 4.78 is 37.4. The number of nitrogens with zero attached hydrogens (tertiary/aromatic N) is 1. The molecule has 6 heteroatoms. The second-order valence-corrected chi connectivity index (χ2v) is 3.37. The lowest BCUT2D eigenvalue weighted by atomic mass is 10.2. The van der Waals surface area contributed by atoms with Crippen LogP contribution in [0.2, 0.25) is 0 Å². The highest BCUT2D eigenvalue weighted by Gasteiger charge is 2.18. The molecule has 72 valence electrons. The minimum atomic E-state index is -2.84. The minimum Gasteiger partial charge on any atom is -0.325 e. The Balaban J connectivity index is 3.23. The maximum Gasteiger partial charge on any atom is 0.268 e.